The Kier molecular flexibility index (Phi) is 6.26. The lowest BCUT2D eigenvalue weighted by Gasteiger charge is -2.28. The minimum atomic E-state index is -0.549. The van der Waals surface area contributed by atoms with Crippen molar-refractivity contribution < 1.29 is 19.0 Å². The lowest BCUT2D eigenvalue weighted by atomic mass is 10.0. The molecule has 0 radical (unpaired) electrons. The molecule has 0 bridgehead atoms. The van der Waals surface area contributed by atoms with Crippen molar-refractivity contribution in [3.8, 4) is 17.2 Å². The van der Waals surface area contributed by atoms with Crippen LogP contribution >= 0.6 is 15.9 Å². The maximum atomic E-state index is 13.0. The predicted octanol–water partition coefficient (Wildman–Crippen LogP) is 4.60. The first-order chi connectivity index (χ1) is 13.0. The quantitative estimate of drug-likeness (QED) is 0.667. The molecule has 3 rings (SSSR count). The molecule has 2 unspecified atom stereocenters. The number of ether oxygens (including phenoxy) is 3. The van der Waals surface area contributed by atoms with E-state index in [1.165, 1.54) is 0 Å². The lowest BCUT2D eigenvalue weighted by molar-refractivity contribution is -0.138. The molecule has 2 atom stereocenters. The third-order valence-corrected chi connectivity index (χ3v) is 5.33. The number of likely N-dealkylation sites (tertiary alicyclic amines) is 1. The summed E-state index contributed by atoms with van der Waals surface area (Å²) in [5.74, 6) is 2.04. The van der Waals surface area contributed by atoms with Gasteiger partial charge in [-0.15, -0.1) is 0 Å². The first kappa shape index (κ1) is 19.5. The van der Waals surface area contributed by atoms with E-state index in [0.717, 1.165) is 29.4 Å². The van der Waals surface area contributed by atoms with Crippen LogP contribution < -0.4 is 14.2 Å². The lowest BCUT2D eigenvalue weighted by Crippen LogP contribution is -2.40. The van der Waals surface area contributed by atoms with Crippen LogP contribution in [0.1, 0.15) is 31.4 Å². The van der Waals surface area contributed by atoms with Gasteiger partial charge in [-0.05, 0) is 61.7 Å². The molecule has 0 N–H and O–H groups in total. The normalized spacial score (nSPS) is 17.5. The van der Waals surface area contributed by atoms with Crippen LogP contribution in [0.4, 0.5) is 0 Å². The summed E-state index contributed by atoms with van der Waals surface area (Å²) in [5.41, 5.74) is 1.05. The van der Waals surface area contributed by atoms with Crippen molar-refractivity contribution in [3.63, 3.8) is 0 Å². The van der Waals surface area contributed by atoms with Crippen molar-refractivity contribution in [2.45, 2.75) is 31.9 Å². The largest absolute Gasteiger partial charge is 0.493 e. The summed E-state index contributed by atoms with van der Waals surface area (Å²) in [6.07, 6.45) is 1.34. The molecule has 1 fully saturated rings. The second-order valence-electron chi connectivity index (χ2n) is 6.52. The van der Waals surface area contributed by atoms with Gasteiger partial charge in [-0.2, -0.15) is 0 Å². The predicted molar refractivity (Wildman–Crippen MR) is 107 cm³/mol. The number of carbonyl (C=O) groups excluding carboxylic acids is 1. The van der Waals surface area contributed by atoms with Gasteiger partial charge in [0.2, 0.25) is 0 Å². The SMILES string of the molecule is COc1ccc(C2CCCN2C(=O)C(C)Oc2ccc(Br)cc2)cc1OC. The molecule has 1 aliphatic heterocycles. The topological polar surface area (TPSA) is 48.0 Å². The Morgan fingerprint density at radius 3 is 2.48 bits per heavy atom. The Morgan fingerprint density at radius 2 is 1.81 bits per heavy atom. The molecule has 1 aliphatic rings. The van der Waals surface area contributed by atoms with Crippen LogP contribution in [0, 0.1) is 0 Å². The number of nitrogens with zero attached hydrogens (tertiary/aromatic N) is 1. The summed E-state index contributed by atoms with van der Waals surface area (Å²) < 4.78 is 17.5. The highest BCUT2D eigenvalue weighted by molar-refractivity contribution is 9.10. The molecule has 0 spiro atoms. The van der Waals surface area contributed by atoms with Crippen molar-refractivity contribution in [3.05, 3.63) is 52.5 Å². The molecule has 1 amide bonds. The van der Waals surface area contributed by atoms with E-state index in [1.54, 1.807) is 21.1 Å². The fourth-order valence-electron chi connectivity index (χ4n) is 3.44. The number of benzene rings is 2. The van der Waals surface area contributed by atoms with E-state index in [4.69, 9.17) is 14.2 Å². The van der Waals surface area contributed by atoms with E-state index < -0.39 is 6.10 Å². The van der Waals surface area contributed by atoms with Gasteiger partial charge in [0.1, 0.15) is 5.75 Å². The molecular weight excluding hydrogens is 410 g/mol. The van der Waals surface area contributed by atoms with E-state index in [0.29, 0.717) is 17.2 Å². The van der Waals surface area contributed by atoms with Gasteiger partial charge in [0.05, 0.1) is 20.3 Å². The van der Waals surface area contributed by atoms with Crippen LogP contribution in [0.25, 0.3) is 0 Å². The molecular formula is C21H24BrNO4. The van der Waals surface area contributed by atoms with Gasteiger partial charge in [0.25, 0.3) is 5.91 Å². The Bertz CT molecular complexity index is 793. The van der Waals surface area contributed by atoms with Crippen molar-refractivity contribution in [1.29, 1.82) is 0 Å². The molecule has 6 heteroatoms. The van der Waals surface area contributed by atoms with E-state index in [-0.39, 0.29) is 11.9 Å². The molecule has 2 aromatic carbocycles. The molecule has 1 saturated heterocycles. The third-order valence-electron chi connectivity index (χ3n) is 4.80. The standard InChI is InChI=1S/C21H24BrNO4/c1-14(27-17-9-7-16(22)8-10-17)21(24)23-12-4-5-18(23)15-6-11-19(25-2)20(13-15)26-3/h6-11,13-14,18H,4-5,12H2,1-3H3. The van der Waals surface area contributed by atoms with Gasteiger partial charge >= 0.3 is 0 Å². The van der Waals surface area contributed by atoms with Gasteiger partial charge in [0.15, 0.2) is 17.6 Å². The number of carbonyl (C=O) groups is 1. The van der Waals surface area contributed by atoms with Crippen LogP contribution in [-0.4, -0.2) is 37.7 Å². The molecule has 0 saturated carbocycles. The fourth-order valence-corrected chi connectivity index (χ4v) is 3.70. The number of amides is 1. The first-order valence-electron chi connectivity index (χ1n) is 8.98. The highest BCUT2D eigenvalue weighted by Crippen LogP contribution is 2.37. The zero-order valence-corrected chi connectivity index (χ0v) is 17.4. The van der Waals surface area contributed by atoms with Gasteiger partial charge in [-0.3, -0.25) is 4.79 Å². The average Bonchev–Trinajstić information content (AvgIpc) is 3.18. The summed E-state index contributed by atoms with van der Waals surface area (Å²) in [5, 5.41) is 0. The van der Waals surface area contributed by atoms with Crippen LogP contribution in [0.2, 0.25) is 0 Å². The highest BCUT2D eigenvalue weighted by Gasteiger charge is 2.33. The molecule has 0 aromatic heterocycles. The molecule has 1 heterocycles. The van der Waals surface area contributed by atoms with Crippen LogP contribution in [0.15, 0.2) is 46.9 Å². The number of hydrogen-bond acceptors (Lipinski definition) is 4. The number of halogens is 1. The maximum absolute atomic E-state index is 13.0. The molecule has 27 heavy (non-hydrogen) atoms. The Balaban J connectivity index is 1.75. The summed E-state index contributed by atoms with van der Waals surface area (Å²) in [7, 11) is 3.23. The van der Waals surface area contributed by atoms with Gasteiger partial charge in [0, 0.05) is 11.0 Å². The van der Waals surface area contributed by atoms with Crippen molar-refractivity contribution in [2.24, 2.45) is 0 Å². The Labute approximate surface area is 168 Å². The summed E-state index contributed by atoms with van der Waals surface area (Å²) in [6.45, 7) is 2.53. The maximum Gasteiger partial charge on any atom is 0.263 e. The van der Waals surface area contributed by atoms with E-state index in [1.807, 2.05) is 47.4 Å². The minimum absolute atomic E-state index is 0.00444. The van der Waals surface area contributed by atoms with Gasteiger partial charge in [-0.1, -0.05) is 22.0 Å². The number of methoxy groups -OCH3 is 2. The zero-order chi connectivity index (χ0) is 19.4. The molecule has 0 aliphatic carbocycles. The van der Waals surface area contributed by atoms with Crippen molar-refractivity contribution >= 4 is 21.8 Å². The second-order valence-corrected chi connectivity index (χ2v) is 7.43. The van der Waals surface area contributed by atoms with Gasteiger partial charge < -0.3 is 19.1 Å². The molecule has 2 aromatic rings. The minimum Gasteiger partial charge on any atom is -0.493 e. The van der Waals surface area contributed by atoms with Crippen LogP contribution in [0.5, 0.6) is 17.2 Å². The Hall–Kier alpha value is -2.21. The van der Waals surface area contributed by atoms with E-state index >= 15 is 0 Å². The third kappa shape index (κ3) is 4.38. The number of hydrogen-bond donors (Lipinski definition) is 0. The van der Waals surface area contributed by atoms with Crippen molar-refractivity contribution in [1.82, 2.24) is 4.90 Å². The second kappa shape index (κ2) is 8.65. The van der Waals surface area contributed by atoms with E-state index in [9.17, 15) is 4.79 Å². The zero-order valence-electron chi connectivity index (χ0n) is 15.8. The van der Waals surface area contributed by atoms with Crippen molar-refractivity contribution in [2.75, 3.05) is 20.8 Å². The molecule has 144 valence electrons. The summed E-state index contributed by atoms with van der Waals surface area (Å²) in [6, 6.07) is 13.4. The monoisotopic (exact) mass is 433 g/mol. The van der Waals surface area contributed by atoms with E-state index in [2.05, 4.69) is 15.9 Å². The number of rotatable bonds is 6. The average molecular weight is 434 g/mol. The van der Waals surface area contributed by atoms with Gasteiger partial charge in [-0.25, -0.2) is 0 Å². The Morgan fingerprint density at radius 1 is 1.11 bits per heavy atom. The fraction of sp³-hybridized carbons (Fsp3) is 0.381. The summed E-state index contributed by atoms with van der Waals surface area (Å²) in [4.78, 5) is 14.9. The summed E-state index contributed by atoms with van der Waals surface area (Å²) >= 11 is 3.40. The first-order valence-corrected chi connectivity index (χ1v) is 9.77. The van der Waals surface area contributed by atoms with Crippen LogP contribution in [-0.2, 0) is 4.79 Å². The highest BCUT2D eigenvalue weighted by atomic mass is 79.9. The van der Waals surface area contributed by atoms with Crippen LogP contribution in [0.3, 0.4) is 0 Å². The molecule has 5 nitrogen and oxygen atoms in total. The smallest absolute Gasteiger partial charge is 0.263 e.